The molecule has 5 nitrogen and oxygen atoms in total. The van der Waals surface area contributed by atoms with Crippen LogP contribution in [0.5, 0.6) is 0 Å². The predicted molar refractivity (Wildman–Crippen MR) is 81.4 cm³/mol. The second-order valence-corrected chi connectivity index (χ2v) is 6.22. The van der Waals surface area contributed by atoms with Gasteiger partial charge >= 0.3 is 5.97 Å². The topological polar surface area (TPSA) is 74.7 Å². The second kappa shape index (κ2) is 7.51. The maximum atomic E-state index is 13.5. The van der Waals surface area contributed by atoms with E-state index in [1.807, 2.05) is 6.92 Å². The van der Waals surface area contributed by atoms with Gasteiger partial charge in [-0.25, -0.2) is 8.78 Å². The Morgan fingerprint density at radius 1 is 1.21 bits per heavy atom. The third kappa shape index (κ3) is 4.37. The molecule has 0 saturated carbocycles. The number of carboxylic acid groups (broad SMARTS) is 1. The SMILES string of the molecule is CC1CC(C(=O)O)CN(C(=O)CCC(=O)c2ccc(F)cc2F)C1. The fraction of sp³-hybridized carbons (Fsp3) is 0.471. The lowest BCUT2D eigenvalue weighted by molar-refractivity contribution is -0.146. The average molecular weight is 339 g/mol. The van der Waals surface area contributed by atoms with Gasteiger partial charge in [0.2, 0.25) is 5.91 Å². The van der Waals surface area contributed by atoms with Gasteiger partial charge in [0.15, 0.2) is 5.78 Å². The Kier molecular flexibility index (Phi) is 5.64. The zero-order chi connectivity index (χ0) is 17.9. The number of carbonyl (C=O) groups is 3. The molecule has 2 atom stereocenters. The van der Waals surface area contributed by atoms with E-state index in [4.69, 9.17) is 5.11 Å². The summed E-state index contributed by atoms with van der Waals surface area (Å²) in [4.78, 5) is 36.8. The molecular weight excluding hydrogens is 320 g/mol. The van der Waals surface area contributed by atoms with Gasteiger partial charge in [-0.3, -0.25) is 14.4 Å². The van der Waals surface area contributed by atoms with E-state index in [0.717, 1.165) is 12.1 Å². The van der Waals surface area contributed by atoms with Gasteiger partial charge in [-0.05, 0) is 24.5 Å². The molecule has 2 unspecified atom stereocenters. The molecule has 1 aliphatic heterocycles. The second-order valence-electron chi connectivity index (χ2n) is 6.22. The summed E-state index contributed by atoms with van der Waals surface area (Å²) >= 11 is 0. The Bertz CT molecular complexity index is 662. The van der Waals surface area contributed by atoms with Gasteiger partial charge in [0.25, 0.3) is 0 Å². The fourth-order valence-electron chi connectivity index (χ4n) is 2.96. The number of amides is 1. The molecule has 7 heteroatoms. The van der Waals surface area contributed by atoms with Crippen molar-refractivity contribution in [3.05, 3.63) is 35.4 Å². The highest BCUT2D eigenvalue weighted by Gasteiger charge is 2.31. The number of nitrogens with zero attached hydrogens (tertiary/aromatic N) is 1. The van der Waals surface area contributed by atoms with E-state index in [1.165, 1.54) is 4.90 Å². The van der Waals surface area contributed by atoms with Crippen LogP contribution in [0.3, 0.4) is 0 Å². The van der Waals surface area contributed by atoms with E-state index < -0.39 is 29.3 Å². The Labute approximate surface area is 138 Å². The maximum Gasteiger partial charge on any atom is 0.308 e. The van der Waals surface area contributed by atoms with Crippen LogP contribution in [0.25, 0.3) is 0 Å². The molecule has 1 aromatic rings. The van der Waals surface area contributed by atoms with Crippen molar-refractivity contribution >= 4 is 17.7 Å². The lowest BCUT2D eigenvalue weighted by Gasteiger charge is -2.34. The highest BCUT2D eigenvalue weighted by molar-refractivity contribution is 5.98. The number of hydrogen-bond acceptors (Lipinski definition) is 3. The van der Waals surface area contributed by atoms with E-state index in [2.05, 4.69) is 0 Å². The Morgan fingerprint density at radius 3 is 2.54 bits per heavy atom. The number of halogens is 2. The summed E-state index contributed by atoms with van der Waals surface area (Å²) in [6.45, 7) is 2.44. The minimum atomic E-state index is -0.954. The van der Waals surface area contributed by atoms with Crippen LogP contribution in [0.1, 0.15) is 36.5 Å². The lowest BCUT2D eigenvalue weighted by atomic mass is 9.90. The molecule has 1 aliphatic rings. The molecule has 1 aromatic carbocycles. The molecule has 1 saturated heterocycles. The first-order chi connectivity index (χ1) is 11.3. The highest BCUT2D eigenvalue weighted by Crippen LogP contribution is 2.23. The molecule has 0 radical (unpaired) electrons. The van der Waals surface area contributed by atoms with Crippen molar-refractivity contribution in [1.82, 2.24) is 4.90 Å². The number of piperidine rings is 1. The van der Waals surface area contributed by atoms with Crippen LogP contribution in [0.2, 0.25) is 0 Å². The Balaban J connectivity index is 1.94. The van der Waals surface area contributed by atoms with E-state index in [-0.39, 0.29) is 36.8 Å². The Morgan fingerprint density at radius 2 is 1.92 bits per heavy atom. The zero-order valence-electron chi connectivity index (χ0n) is 13.3. The van der Waals surface area contributed by atoms with Gasteiger partial charge < -0.3 is 10.0 Å². The quantitative estimate of drug-likeness (QED) is 0.837. The van der Waals surface area contributed by atoms with Crippen LogP contribution in [-0.4, -0.2) is 40.8 Å². The van der Waals surface area contributed by atoms with Crippen molar-refractivity contribution in [3.63, 3.8) is 0 Å². The summed E-state index contributed by atoms with van der Waals surface area (Å²) in [5.41, 5.74) is -0.250. The number of aliphatic carboxylic acids is 1. The summed E-state index contributed by atoms with van der Waals surface area (Å²) in [6, 6.07) is 2.67. The average Bonchev–Trinajstić information content (AvgIpc) is 2.51. The first-order valence-electron chi connectivity index (χ1n) is 7.76. The minimum Gasteiger partial charge on any atom is -0.481 e. The minimum absolute atomic E-state index is 0.0639. The van der Waals surface area contributed by atoms with Gasteiger partial charge in [-0.2, -0.15) is 0 Å². The molecule has 1 N–H and O–H groups in total. The van der Waals surface area contributed by atoms with Crippen molar-refractivity contribution in [2.24, 2.45) is 11.8 Å². The number of carbonyl (C=O) groups excluding carboxylic acids is 2. The predicted octanol–water partition coefficient (Wildman–Crippen LogP) is 2.50. The van der Waals surface area contributed by atoms with Crippen LogP contribution in [0.15, 0.2) is 18.2 Å². The van der Waals surface area contributed by atoms with Gasteiger partial charge in [-0.15, -0.1) is 0 Å². The van der Waals surface area contributed by atoms with Crippen LogP contribution in [0.4, 0.5) is 8.78 Å². The highest BCUT2D eigenvalue weighted by atomic mass is 19.1. The van der Waals surface area contributed by atoms with Crippen LogP contribution in [-0.2, 0) is 9.59 Å². The number of Topliss-reactive ketones (excluding diaryl/α,β-unsaturated/α-hetero) is 1. The first kappa shape index (κ1) is 18.0. The van der Waals surface area contributed by atoms with Crippen LogP contribution >= 0.6 is 0 Å². The summed E-state index contributed by atoms with van der Waals surface area (Å²) in [6.07, 6.45) is 0.178. The zero-order valence-corrected chi connectivity index (χ0v) is 13.3. The monoisotopic (exact) mass is 339 g/mol. The number of hydrogen-bond donors (Lipinski definition) is 1. The Hall–Kier alpha value is -2.31. The summed E-state index contributed by atoms with van der Waals surface area (Å²) in [5, 5.41) is 9.11. The number of ketones is 1. The number of benzene rings is 1. The van der Waals surface area contributed by atoms with Gasteiger partial charge in [0, 0.05) is 32.0 Å². The smallest absolute Gasteiger partial charge is 0.308 e. The van der Waals surface area contributed by atoms with Crippen molar-refractivity contribution < 1.29 is 28.3 Å². The molecule has 2 rings (SSSR count). The molecule has 0 aromatic heterocycles. The molecule has 0 bridgehead atoms. The summed E-state index contributed by atoms with van der Waals surface area (Å²) < 4.78 is 26.4. The fourth-order valence-corrected chi connectivity index (χ4v) is 2.96. The standard InChI is InChI=1S/C17H19F2NO4/c1-10-6-11(17(23)24)9-20(8-10)16(22)5-4-15(21)13-3-2-12(18)7-14(13)19/h2-3,7,10-11H,4-6,8-9H2,1H3,(H,23,24). The van der Waals surface area contributed by atoms with Crippen molar-refractivity contribution in [2.75, 3.05) is 13.1 Å². The van der Waals surface area contributed by atoms with Gasteiger partial charge in [0.1, 0.15) is 11.6 Å². The molecular formula is C17H19F2NO4. The van der Waals surface area contributed by atoms with E-state index in [0.29, 0.717) is 19.0 Å². The molecule has 1 heterocycles. The van der Waals surface area contributed by atoms with E-state index >= 15 is 0 Å². The van der Waals surface area contributed by atoms with E-state index in [1.54, 1.807) is 0 Å². The maximum absolute atomic E-state index is 13.5. The molecule has 1 amide bonds. The third-order valence-corrected chi connectivity index (χ3v) is 4.16. The summed E-state index contributed by atoms with van der Waals surface area (Å²) in [5.74, 6) is -4.13. The molecule has 0 aliphatic carbocycles. The molecule has 24 heavy (non-hydrogen) atoms. The third-order valence-electron chi connectivity index (χ3n) is 4.16. The molecule has 0 spiro atoms. The van der Waals surface area contributed by atoms with Crippen molar-refractivity contribution in [2.45, 2.75) is 26.2 Å². The molecule has 1 fully saturated rings. The first-order valence-corrected chi connectivity index (χ1v) is 7.76. The van der Waals surface area contributed by atoms with Gasteiger partial charge in [0.05, 0.1) is 11.5 Å². The van der Waals surface area contributed by atoms with Gasteiger partial charge in [-0.1, -0.05) is 6.92 Å². The molecule has 130 valence electrons. The van der Waals surface area contributed by atoms with Crippen LogP contribution in [0, 0.1) is 23.5 Å². The van der Waals surface area contributed by atoms with Crippen LogP contribution < -0.4 is 0 Å². The number of carboxylic acids is 1. The number of rotatable bonds is 5. The van der Waals surface area contributed by atoms with Crippen molar-refractivity contribution in [1.29, 1.82) is 0 Å². The van der Waals surface area contributed by atoms with E-state index in [9.17, 15) is 23.2 Å². The summed E-state index contributed by atoms with van der Waals surface area (Å²) in [7, 11) is 0. The number of likely N-dealkylation sites (tertiary alicyclic amines) is 1. The largest absolute Gasteiger partial charge is 0.481 e. The van der Waals surface area contributed by atoms with Crippen molar-refractivity contribution in [3.8, 4) is 0 Å². The lowest BCUT2D eigenvalue weighted by Crippen LogP contribution is -2.45. The normalized spacial score (nSPS) is 20.7.